The minimum atomic E-state index is -0.690. The summed E-state index contributed by atoms with van der Waals surface area (Å²) >= 11 is 0. The highest BCUT2D eigenvalue weighted by Crippen LogP contribution is 2.30. The molecule has 0 unspecified atom stereocenters. The number of phenolic OH excluding ortho intramolecular Hbond substituents is 2. The molecule has 0 atom stereocenters. The van der Waals surface area contributed by atoms with Gasteiger partial charge in [-0.25, -0.2) is 9.37 Å². The Balaban J connectivity index is 1.78. The summed E-state index contributed by atoms with van der Waals surface area (Å²) in [6.07, 6.45) is 0. The smallest absolute Gasteiger partial charge is 0.227 e. The second kappa shape index (κ2) is 5.38. The molecule has 0 aliphatic rings. The fourth-order valence-corrected chi connectivity index (χ4v) is 2.53. The van der Waals surface area contributed by atoms with Gasteiger partial charge in [0.1, 0.15) is 11.3 Å². The Kier molecular flexibility index (Phi) is 3.20. The molecule has 4 nitrogen and oxygen atoms in total. The van der Waals surface area contributed by atoms with Crippen molar-refractivity contribution in [3.8, 4) is 34.1 Å². The van der Waals surface area contributed by atoms with Gasteiger partial charge in [-0.05, 0) is 53.6 Å². The maximum Gasteiger partial charge on any atom is 0.227 e. The molecule has 4 rings (SSSR count). The molecule has 5 heteroatoms. The average Bonchev–Trinajstić information content (AvgIpc) is 3.01. The second-order valence-corrected chi connectivity index (χ2v) is 5.41. The quantitative estimate of drug-likeness (QED) is 0.561. The van der Waals surface area contributed by atoms with Crippen LogP contribution in [0.2, 0.25) is 0 Å². The summed E-state index contributed by atoms with van der Waals surface area (Å²) in [7, 11) is 0. The summed E-state index contributed by atoms with van der Waals surface area (Å²) in [5.74, 6) is -0.619. The number of hydrogen-bond acceptors (Lipinski definition) is 4. The summed E-state index contributed by atoms with van der Waals surface area (Å²) in [5.41, 5.74) is 3.62. The van der Waals surface area contributed by atoms with E-state index in [4.69, 9.17) is 4.42 Å². The topological polar surface area (TPSA) is 66.5 Å². The van der Waals surface area contributed by atoms with Crippen molar-refractivity contribution in [1.82, 2.24) is 4.98 Å². The number of hydrogen-bond donors (Lipinski definition) is 2. The molecule has 2 N–H and O–H groups in total. The van der Waals surface area contributed by atoms with E-state index < -0.39 is 11.6 Å². The predicted octanol–water partition coefficient (Wildman–Crippen LogP) is 4.71. The number of rotatable bonds is 2. The Labute approximate surface area is 136 Å². The van der Waals surface area contributed by atoms with Crippen molar-refractivity contribution in [3.05, 3.63) is 66.5 Å². The zero-order chi connectivity index (χ0) is 16.7. The van der Waals surface area contributed by atoms with Crippen molar-refractivity contribution in [2.45, 2.75) is 0 Å². The highest BCUT2D eigenvalue weighted by atomic mass is 19.1. The van der Waals surface area contributed by atoms with Gasteiger partial charge in [0.05, 0.1) is 0 Å². The Bertz CT molecular complexity index is 1040. The molecule has 4 aromatic rings. The van der Waals surface area contributed by atoms with E-state index in [1.807, 2.05) is 24.3 Å². The van der Waals surface area contributed by atoms with E-state index in [1.165, 1.54) is 18.2 Å². The maximum absolute atomic E-state index is 13.2. The van der Waals surface area contributed by atoms with Gasteiger partial charge in [0.25, 0.3) is 0 Å². The van der Waals surface area contributed by atoms with E-state index in [0.717, 1.165) is 11.1 Å². The number of phenols is 2. The van der Waals surface area contributed by atoms with Crippen LogP contribution in [0.3, 0.4) is 0 Å². The van der Waals surface area contributed by atoms with Crippen LogP contribution in [0.4, 0.5) is 4.39 Å². The monoisotopic (exact) mass is 321 g/mol. The largest absolute Gasteiger partial charge is 0.508 e. The highest BCUT2D eigenvalue weighted by Gasteiger charge is 2.11. The van der Waals surface area contributed by atoms with Gasteiger partial charge in [0, 0.05) is 5.56 Å². The van der Waals surface area contributed by atoms with Crippen LogP contribution in [-0.4, -0.2) is 15.2 Å². The van der Waals surface area contributed by atoms with E-state index in [-0.39, 0.29) is 5.75 Å². The van der Waals surface area contributed by atoms with Gasteiger partial charge in [-0.2, -0.15) is 0 Å². The average molecular weight is 321 g/mol. The first-order valence-electron chi connectivity index (χ1n) is 7.29. The third kappa shape index (κ3) is 2.46. The molecule has 0 radical (unpaired) electrons. The second-order valence-electron chi connectivity index (χ2n) is 5.41. The van der Waals surface area contributed by atoms with Crippen LogP contribution >= 0.6 is 0 Å². The number of benzene rings is 3. The lowest BCUT2D eigenvalue weighted by atomic mass is 10.1. The predicted molar refractivity (Wildman–Crippen MR) is 88.2 cm³/mol. The van der Waals surface area contributed by atoms with Crippen molar-refractivity contribution >= 4 is 11.1 Å². The Hall–Kier alpha value is -3.34. The summed E-state index contributed by atoms with van der Waals surface area (Å²) in [6, 6.07) is 16.4. The molecule has 0 amide bonds. The SMILES string of the molecule is Oc1ccc(-c2ccc3oc(-c4ccc(F)c(O)c4)nc3c2)cc1. The Morgan fingerprint density at radius 3 is 2.25 bits per heavy atom. The first-order valence-corrected chi connectivity index (χ1v) is 7.29. The standard InChI is InChI=1S/C19H12FNO3/c20-15-7-3-13(10-17(15)23)19-21-16-9-12(4-8-18(16)24-19)11-1-5-14(22)6-2-11/h1-10,22-23H. The molecule has 1 heterocycles. The molecular weight excluding hydrogens is 309 g/mol. The number of aromatic nitrogens is 1. The Morgan fingerprint density at radius 2 is 1.50 bits per heavy atom. The molecule has 0 spiro atoms. The molecule has 118 valence electrons. The van der Waals surface area contributed by atoms with E-state index >= 15 is 0 Å². The van der Waals surface area contributed by atoms with Crippen molar-refractivity contribution in [2.75, 3.05) is 0 Å². The number of aromatic hydroxyl groups is 2. The zero-order valence-corrected chi connectivity index (χ0v) is 12.4. The van der Waals surface area contributed by atoms with Crippen LogP contribution in [0.25, 0.3) is 33.7 Å². The van der Waals surface area contributed by atoms with Crippen molar-refractivity contribution in [2.24, 2.45) is 0 Å². The molecule has 0 saturated carbocycles. The summed E-state index contributed by atoms with van der Waals surface area (Å²) in [4.78, 5) is 4.41. The summed E-state index contributed by atoms with van der Waals surface area (Å²) < 4.78 is 18.8. The molecule has 0 bridgehead atoms. The molecule has 0 saturated heterocycles. The highest BCUT2D eigenvalue weighted by molar-refractivity contribution is 5.82. The van der Waals surface area contributed by atoms with Gasteiger partial charge in [-0.1, -0.05) is 18.2 Å². The van der Waals surface area contributed by atoms with Crippen molar-refractivity contribution in [3.63, 3.8) is 0 Å². The van der Waals surface area contributed by atoms with Gasteiger partial charge >= 0.3 is 0 Å². The van der Waals surface area contributed by atoms with E-state index in [9.17, 15) is 14.6 Å². The van der Waals surface area contributed by atoms with Gasteiger partial charge in [0.2, 0.25) is 5.89 Å². The number of halogens is 1. The van der Waals surface area contributed by atoms with Crippen LogP contribution in [0.5, 0.6) is 11.5 Å². The lowest BCUT2D eigenvalue weighted by molar-refractivity contribution is 0.432. The van der Waals surface area contributed by atoms with Crippen LogP contribution in [-0.2, 0) is 0 Å². The van der Waals surface area contributed by atoms with Gasteiger partial charge in [0.15, 0.2) is 17.1 Å². The molecule has 24 heavy (non-hydrogen) atoms. The minimum absolute atomic E-state index is 0.208. The van der Waals surface area contributed by atoms with Crippen LogP contribution < -0.4 is 0 Å². The molecular formula is C19H12FNO3. The third-order valence-corrected chi connectivity index (χ3v) is 3.78. The fraction of sp³-hybridized carbons (Fsp3) is 0. The lowest BCUT2D eigenvalue weighted by Crippen LogP contribution is -1.80. The minimum Gasteiger partial charge on any atom is -0.508 e. The number of nitrogens with zero attached hydrogens (tertiary/aromatic N) is 1. The number of oxazole rings is 1. The van der Waals surface area contributed by atoms with Crippen LogP contribution in [0, 0.1) is 5.82 Å². The van der Waals surface area contributed by atoms with Gasteiger partial charge in [-0.3, -0.25) is 0 Å². The molecule has 3 aromatic carbocycles. The maximum atomic E-state index is 13.2. The first kappa shape index (κ1) is 14.3. The van der Waals surface area contributed by atoms with Crippen molar-refractivity contribution < 1.29 is 19.0 Å². The van der Waals surface area contributed by atoms with Gasteiger partial charge in [-0.15, -0.1) is 0 Å². The molecule has 0 aliphatic heterocycles. The first-order chi connectivity index (χ1) is 11.6. The van der Waals surface area contributed by atoms with Crippen LogP contribution in [0.1, 0.15) is 0 Å². The number of fused-ring (bicyclic) bond motifs is 1. The summed E-state index contributed by atoms with van der Waals surface area (Å²) in [5, 5.41) is 18.9. The van der Waals surface area contributed by atoms with E-state index in [0.29, 0.717) is 22.6 Å². The fourth-order valence-electron chi connectivity index (χ4n) is 2.53. The molecule has 1 aromatic heterocycles. The molecule has 0 fully saturated rings. The summed E-state index contributed by atoms with van der Waals surface area (Å²) in [6.45, 7) is 0. The molecule has 0 aliphatic carbocycles. The van der Waals surface area contributed by atoms with Gasteiger partial charge < -0.3 is 14.6 Å². The Morgan fingerprint density at radius 1 is 0.792 bits per heavy atom. The zero-order valence-electron chi connectivity index (χ0n) is 12.4. The third-order valence-electron chi connectivity index (χ3n) is 3.78. The van der Waals surface area contributed by atoms with Crippen LogP contribution in [0.15, 0.2) is 65.1 Å². The van der Waals surface area contributed by atoms with E-state index in [2.05, 4.69) is 4.98 Å². The van der Waals surface area contributed by atoms with E-state index in [1.54, 1.807) is 18.2 Å². The van der Waals surface area contributed by atoms with Crippen molar-refractivity contribution in [1.29, 1.82) is 0 Å². The lowest BCUT2D eigenvalue weighted by Gasteiger charge is -2.01. The normalized spacial score (nSPS) is 11.0.